The molecule has 1 aromatic carbocycles. The number of nitrogens with two attached hydrogens (primary N) is 1. The molecule has 2 N–H and O–H groups in total. The van der Waals surface area contributed by atoms with Crippen LogP contribution >= 0.6 is 0 Å². The topological polar surface area (TPSA) is 52.3 Å². The molecule has 0 aliphatic rings. The number of anilines is 1. The van der Waals surface area contributed by atoms with Crippen LogP contribution in [0.1, 0.15) is 5.56 Å². The highest BCUT2D eigenvalue weighted by Crippen LogP contribution is 2.22. The van der Waals surface area contributed by atoms with Gasteiger partial charge in [-0.2, -0.15) is 0 Å². The zero-order valence-electron chi connectivity index (χ0n) is 8.12. The van der Waals surface area contributed by atoms with Crippen LogP contribution in [0.5, 0.6) is 5.75 Å². The highest BCUT2D eigenvalue weighted by molar-refractivity contribution is 5.91. The SMILES string of the molecule is C=CC(=O)Cc1ccc(N)c(OC)c1. The Morgan fingerprint density at radius 3 is 2.93 bits per heavy atom. The summed E-state index contributed by atoms with van der Waals surface area (Å²) in [6.45, 7) is 3.41. The van der Waals surface area contributed by atoms with E-state index < -0.39 is 0 Å². The minimum atomic E-state index is -0.0168. The third-order valence-electron chi connectivity index (χ3n) is 1.90. The lowest BCUT2D eigenvalue weighted by molar-refractivity contribution is -0.114. The van der Waals surface area contributed by atoms with E-state index >= 15 is 0 Å². The van der Waals surface area contributed by atoms with Crippen LogP contribution < -0.4 is 10.5 Å². The van der Waals surface area contributed by atoms with E-state index in [0.717, 1.165) is 5.56 Å². The summed E-state index contributed by atoms with van der Waals surface area (Å²) in [5.74, 6) is 0.580. The first kappa shape index (κ1) is 10.3. The fourth-order valence-corrected chi connectivity index (χ4v) is 1.14. The van der Waals surface area contributed by atoms with Crippen molar-refractivity contribution in [2.45, 2.75) is 6.42 Å². The maximum atomic E-state index is 11.1. The summed E-state index contributed by atoms with van der Waals surface area (Å²) >= 11 is 0. The molecule has 0 unspecified atom stereocenters. The molecular weight excluding hydrogens is 178 g/mol. The molecular formula is C11H13NO2. The summed E-state index contributed by atoms with van der Waals surface area (Å²) in [6.07, 6.45) is 1.64. The van der Waals surface area contributed by atoms with Crippen LogP contribution in [0.3, 0.4) is 0 Å². The lowest BCUT2D eigenvalue weighted by Crippen LogP contribution is -1.99. The molecule has 0 heterocycles. The first-order valence-electron chi connectivity index (χ1n) is 4.25. The number of ketones is 1. The van der Waals surface area contributed by atoms with Gasteiger partial charge in [0.25, 0.3) is 0 Å². The molecule has 0 aliphatic heterocycles. The van der Waals surface area contributed by atoms with Gasteiger partial charge in [0.15, 0.2) is 5.78 Å². The molecule has 1 rings (SSSR count). The Kier molecular flexibility index (Phi) is 3.29. The van der Waals surface area contributed by atoms with Crippen molar-refractivity contribution in [3.05, 3.63) is 36.4 Å². The maximum Gasteiger partial charge on any atom is 0.159 e. The Bertz CT molecular complexity index is 358. The average Bonchev–Trinajstić information content (AvgIpc) is 2.20. The monoisotopic (exact) mass is 191 g/mol. The quantitative estimate of drug-likeness (QED) is 0.580. The lowest BCUT2D eigenvalue weighted by Gasteiger charge is -2.05. The zero-order chi connectivity index (χ0) is 10.6. The van der Waals surface area contributed by atoms with Gasteiger partial charge in [-0.05, 0) is 23.8 Å². The number of nitrogen functional groups attached to an aromatic ring is 1. The van der Waals surface area contributed by atoms with E-state index in [1.54, 1.807) is 25.3 Å². The van der Waals surface area contributed by atoms with Crippen molar-refractivity contribution in [2.24, 2.45) is 0 Å². The van der Waals surface area contributed by atoms with Gasteiger partial charge in [0.05, 0.1) is 12.8 Å². The largest absolute Gasteiger partial charge is 0.495 e. The fraction of sp³-hybridized carbons (Fsp3) is 0.182. The molecule has 3 nitrogen and oxygen atoms in total. The van der Waals surface area contributed by atoms with Crippen LogP contribution in [0.2, 0.25) is 0 Å². The van der Waals surface area contributed by atoms with E-state index in [0.29, 0.717) is 17.9 Å². The van der Waals surface area contributed by atoms with Crippen LogP contribution in [-0.2, 0) is 11.2 Å². The average molecular weight is 191 g/mol. The fourth-order valence-electron chi connectivity index (χ4n) is 1.14. The number of ether oxygens (including phenoxy) is 1. The van der Waals surface area contributed by atoms with Gasteiger partial charge in [-0.25, -0.2) is 0 Å². The minimum absolute atomic E-state index is 0.0168. The summed E-state index contributed by atoms with van der Waals surface area (Å²) in [4.78, 5) is 11.1. The molecule has 1 aromatic rings. The predicted molar refractivity (Wildman–Crippen MR) is 56.3 cm³/mol. The number of hydrogen-bond donors (Lipinski definition) is 1. The van der Waals surface area contributed by atoms with Crippen LogP contribution in [0.4, 0.5) is 5.69 Å². The molecule has 0 saturated heterocycles. The number of methoxy groups -OCH3 is 1. The summed E-state index contributed by atoms with van der Waals surface area (Å²) in [5, 5.41) is 0. The number of rotatable bonds is 4. The van der Waals surface area contributed by atoms with Crippen molar-refractivity contribution >= 4 is 11.5 Å². The summed E-state index contributed by atoms with van der Waals surface area (Å²) in [7, 11) is 1.55. The molecule has 74 valence electrons. The Labute approximate surface area is 83.2 Å². The van der Waals surface area contributed by atoms with Gasteiger partial charge in [-0.15, -0.1) is 0 Å². The Morgan fingerprint density at radius 2 is 2.36 bits per heavy atom. The van der Waals surface area contributed by atoms with Gasteiger partial charge in [-0.3, -0.25) is 4.79 Å². The predicted octanol–water partition coefficient (Wildman–Crippen LogP) is 1.57. The second-order valence-electron chi connectivity index (χ2n) is 2.92. The first-order valence-corrected chi connectivity index (χ1v) is 4.25. The van der Waals surface area contributed by atoms with Gasteiger partial charge >= 0.3 is 0 Å². The number of carbonyl (C=O) groups excluding carboxylic acids is 1. The van der Waals surface area contributed by atoms with Crippen molar-refractivity contribution in [3.8, 4) is 5.75 Å². The lowest BCUT2D eigenvalue weighted by atomic mass is 10.1. The third-order valence-corrected chi connectivity index (χ3v) is 1.90. The normalized spacial score (nSPS) is 9.50. The number of allylic oxidation sites excluding steroid dienone is 1. The molecule has 0 bridgehead atoms. The van der Waals surface area contributed by atoms with Crippen LogP contribution in [0.25, 0.3) is 0 Å². The van der Waals surface area contributed by atoms with E-state index in [9.17, 15) is 4.79 Å². The van der Waals surface area contributed by atoms with Crippen molar-refractivity contribution in [1.29, 1.82) is 0 Å². The highest BCUT2D eigenvalue weighted by Gasteiger charge is 2.03. The Morgan fingerprint density at radius 1 is 1.64 bits per heavy atom. The standard InChI is InChI=1S/C11H13NO2/c1-3-9(13)6-8-4-5-10(12)11(7-8)14-2/h3-5,7H,1,6,12H2,2H3. The minimum Gasteiger partial charge on any atom is -0.495 e. The zero-order valence-corrected chi connectivity index (χ0v) is 8.12. The van der Waals surface area contributed by atoms with Crippen LogP contribution in [-0.4, -0.2) is 12.9 Å². The number of benzene rings is 1. The van der Waals surface area contributed by atoms with Crippen LogP contribution in [0.15, 0.2) is 30.9 Å². The molecule has 3 heteroatoms. The van der Waals surface area contributed by atoms with Gasteiger partial charge < -0.3 is 10.5 Å². The van der Waals surface area contributed by atoms with Gasteiger partial charge in [0.2, 0.25) is 0 Å². The Balaban J connectivity index is 2.89. The summed E-state index contributed by atoms with van der Waals surface area (Å²) in [5.41, 5.74) is 7.08. The van der Waals surface area contributed by atoms with Gasteiger partial charge in [0, 0.05) is 6.42 Å². The van der Waals surface area contributed by atoms with Crippen molar-refractivity contribution in [2.75, 3.05) is 12.8 Å². The molecule has 0 spiro atoms. The molecule has 0 amide bonds. The van der Waals surface area contributed by atoms with E-state index in [-0.39, 0.29) is 5.78 Å². The van der Waals surface area contributed by atoms with Crippen molar-refractivity contribution in [3.63, 3.8) is 0 Å². The highest BCUT2D eigenvalue weighted by atomic mass is 16.5. The molecule has 0 radical (unpaired) electrons. The van der Waals surface area contributed by atoms with Gasteiger partial charge in [0.1, 0.15) is 5.75 Å². The molecule has 0 fully saturated rings. The molecule has 0 atom stereocenters. The van der Waals surface area contributed by atoms with E-state index in [1.807, 2.05) is 0 Å². The maximum absolute atomic E-state index is 11.1. The molecule has 0 aliphatic carbocycles. The first-order chi connectivity index (χ1) is 6.67. The smallest absolute Gasteiger partial charge is 0.159 e. The molecule has 0 saturated carbocycles. The molecule has 14 heavy (non-hydrogen) atoms. The third kappa shape index (κ3) is 2.36. The van der Waals surface area contributed by atoms with Crippen molar-refractivity contribution < 1.29 is 9.53 Å². The van der Waals surface area contributed by atoms with Gasteiger partial charge in [-0.1, -0.05) is 12.6 Å². The second kappa shape index (κ2) is 4.46. The molecule has 0 aromatic heterocycles. The van der Waals surface area contributed by atoms with E-state index in [4.69, 9.17) is 10.5 Å². The number of carbonyl (C=O) groups is 1. The van der Waals surface area contributed by atoms with E-state index in [2.05, 4.69) is 6.58 Å². The second-order valence-corrected chi connectivity index (χ2v) is 2.92. The van der Waals surface area contributed by atoms with Crippen molar-refractivity contribution in [1.82, 2.24) is 0 Å². The van der Waals surface area contributed by atoms with E-state index in [1.165, 1.54) is 6.08 Å². The summed E-state index contributed by atoms with van der Waals surface area (Å²) < 4.78 is 5.04. The van der Waals surface area contributed by atoms with Crippen LogP contribution in [0, 0.1) is 0 Å². The number of hydrogen-bond acceptors (Lipinski definition) is 3. The Hall–Kier alpha value is -1.77. The summed E-state index contributed by atoms with van der Waals surface area (Å²) in [6, 6.07) is 5.29.